The predicted octanol–water partition coefficient (Wildman–Crippen LogP) is 4.25. The molecule has 0 radical (unpaired) electrons. The fraction of sp³-hybridized carbons (Fsp3) is 0.304. The van der Waals surface area contributed by atoms with Crippen LogP contribution in [0.25, 0.3) is 11.3 Å². The van der Waals surface area contributed by atoms with Crippen LogP contribution in [-0.2, 0) is 4.74 Å². The van der Waals surface area contributed by atoms with Crippen molar-refractivity contribution in [2.24, 2.45) is 0 Å². The van der Waals surface area contributed by atoms with Gasteiger partial charge in [-0.15, -0.1) is 0 Å². The smallest absolute Gasteiger partial charge is 0.257 e. The third-order valence-corrected chi connectivity index (χ3v) is 5.66. The van der Waals surface area contributed by atoms with Crippen molar-refractivity contribution in [1.29, 1.82) is 0 Å². The number of nitrogens with zero attached hydrogens (tertiary/aromatic N) is 2. The summed E-state index contributed by atoms with van der Waals surface area (Å²) in [7, 11) is 0. The highest BCUT2D eigenvalue weighted by atomic mass is 35.5. The van der Waals surface area contributed by atoms with E-state index in [-0.39, 0.29) is 27.9 Å². The minimum atomic E-state index is -0.567. The first-order chi connectivity index (χ1) is 15.0. The topological polar surface area (TPSA) is 67.6 Å². The predicted molar refractivity (Wildman–Crippen MR) is 116 cm³/mol. The molecule has 1 aromatic heterocycles. The third-order valence-electron chi connectivity index (χ3n) is 5.34. The van der Waals surface area contributed by atoms with Gasteiger partial charge in [0.2, 0.25) is 0 Å². The van der Waals surface area contributed by atoms with Crippen LogP contribution in [-0.4, -0.2) is 48.8 Å². The van der Waals surface area contributed by atoms with Crippen LogP contribution in [0, 0.1) is 12.7 Å². The van der Waals surface area contributed by atoms with Crippen molar-refractivity contribution < 1.29 is 18.4 Å². The Hall–Kier alpha value is -2.74. The van der Waals surface area contributed by atoms with Crippen LogP contribution in [0.3, 0.4) is 0 Å². The van der Waals surface area contributed by atoms with E-state index < -0.39 is 11.7 Å². The Morgan fingerprint density at radius 2 is 1.94 bits per heavy atom. The quantitative estimate of drug-likeness (QED) is 0.617. The normalized spacial score (nSPS) is 15.6. The maximum atomic E-state index is 14.5. The van der Waals surface area contributed by atoms with Gasteiger partial charge in [-0.2, -0.15) is 0 Å². The molecule has 0 spiro atoms. The summed E-state index contributed by atoms with van der Waals surface area (Å²) in [5.41, 5.74) is 1.30. The Kier molecular flexibility index (Phi) is 6.65. The molecular formula is C23H23ClFN3O3. The molecule has 0 unspecified atom stereocenters. The number of nitrogens with one attached hydrogen (secondary N) is 1. The molecule has 1 aliphatic heterocycles. The Labute approximate surface area is 184 Å². The summed E-state index contributed by atoms with van der Waals surface area (Å²) >= 11 is 6.21. The Balaban J connectivity index is 1.64. The summed E-state index contributed by atoms with van der Waals surface area (Å²) in [6, 6.07) is 13.8. The van der Waals surface area contributed by atoms with Crippen LogP contribution in [0.15, 0.2) is 53.1 Å². The lowest BCUT2D eigenvalue weighted by Gasteiger charge is -2.31. The van der Waals surface area contributed by atoms with E-state index in [2.05, 4.69) is 15.4 Å². The third kappa shape index (κ3) is 4.79. The zero-order chi connectivity index (χ0) is 21.8. The molecular weight excluding hydrogens is 421 g/mol. The standard InChI is InChI=1S/C23H23ClFN3O3/c1-15-20(22(27-31-15)21-17(24)8-5-9-18(21)25)23(29)26-19(16-6-3-2-4-7-16)14-28-10-12-30-13-11-28/h2-9,19H,10-14H2,1H3,(H,26,29)/t19-/m1/s1. The number of amides is 1. The fourth-order valence-electron chi connectivity index (χ4n) is 3.73. The number of hydrogen-bond donors (Lipinski definition) is 1. The Morgan fingerprint density at radius 3 is 2.65 bits per heavy atom. The molecule has 2 heterocycles. The van der Waals surface area contributed by atoms with Crippen LogP contribution in [0.5, 0.6) is 0 Å². The number of carbonyl (C=O) groups is 1. The molecule has 1 N–H and O–H groups in total. The SMILES string of the molecule is Cc1onc(-c2c(F)cccc2Cl)c1C(=O)N[C@H](CN1CCOCC1)c1ccccc1. The van der Waals surface area contributed by atoms with Gasteiger partial charge in [0.05, 0.1) is 29.8 Å². The second kappa shape index (κ2) is 9.60. The minimum Gasteiger partial charge on any atom is -0.379 e. The van der Waals surface area contributed by atoms with E-state index in [9.17, 15) is 9.18 Å². The number of benzene rings is 2. The molecule has 1 fully saturated rings. The zero-order valence-corrected chi connectivity index (χ0v) is 17.9. The van der Waals surface area contributed by atoms with E-state index in [0.717, 1.165) is 18.7 Å². The van der Waals surface area contributed by atoms with Gasteiger partial charge in [-0.25, -0.2) is 4.39 Å². The van der Waals surface area contributed by atoms with E-state index >= 15 is 0 Å². The second-order valence-corrected chi connectivity index (χ2v) is 7.82. The largest absolute Gasteiger partial charge is 0.379 e. The van der Waals surface area contributed by atoms with Crippen molar-refractivity contribution in [2.75, 3.05) is 32.8 Å². The number of ether oxygens (including phenoxy) is 1. The van der Waals surface area contributed by atoms with Gasteiger partial charge >= 0.3 is 0 Å². The molecule has 3 aromatic rings. The van der Waals surface area contributed by atoms with Crippen LogP contribution < -0.4 is 5.32 Å². The summed E-state index contributed by atoms with van der Waals surface area (Å²) in [4.78, 5) is 15.6. The van der Waals surface area contributed by atoms with Crippen molar-refractivity contribution in [2.45, 2.75) is 13.0 Å². The van der Waals surface area contributed by atoms with Gasteiger partial charge in [0.1, 0.15) is 22.8 Å². The van der Waals surface area contributed by atoms with Gasteiger partial charge < -0.3 is 14.6 Å². The van der Waals surface area contributed by atoms with E-state index in [1.165, 1.54) is 12.1 Å². The molecule has 4 rings (SSSR count). The number of halogens is 2. The Bertz CT molecular complexity index is 1030. The minimum absolute atomic E-state index is 0.0515. The van der Waals surface area contributed by atoms with Gasteiger partial charge in [0.15, 0.2) is 0 Å². The number of rotatable bonds is 6. The lowest BCUT2D eigenvalue weighted by Crippen LogP contribution is -2.43. The molecule has 1 atom stereocenters. The van der Waals surface area contributed by atoms with Gasteiger partial charge in [-0.3, -0.25) is 9.69 Å². The highest BCUT2D eigenvalue weighted by molar-refractivity contribution is 6.33. The summed E-state index contributed by atoms with van der Waals surface area (Å²) in [6.45, 7) is 5.16. The van der Waals surface area contributed by atoms with Crippen LogP contribution in [0.2, 0.25) is 5.02 Å². The number of morpholine rings is 1. The number of aryl methyl sites for hydroxylation is 1. The highest BCUT2D eigenvalue weighted by Gasteiger charge is 2.28. The molecule has 8 heteroatoms. The first kappa shape index (κ1) is 21.5. The van der Waals surface area contributed by atoms with Crippen LogP contribution >= 0.6 is 11.6 Å². The summed E-state index contributed by atoms with van der Waals surface area (Å²) in [6.07, 6.45) is 0. The molecule has 0 aliphatic carbocycles. The van der Waals surface area contributed by atoms with Crippen LogP contribution in [0.4, 0.5) is 4.39 Å². The van der Waals surface area contributed by atoms with E-state index in [1.807, 2.05) is 30.3 Å². The van der Waals surface area contributed by atoms with Gasteiger partial charge in [0.25, 0.3) is 5.91 Å². The maximum absolute atomic E-state index is 14.5. The fourth-order valence-corrected chi connectivity index (χ4v) is 3.98. The summed E-state index contributed by atoms with van der Waals surface area (Å²) < 4.78 is 25.2. The van der Waals surface area contributed by atoms with Crippen molar-refractivity contribution >= 4 is 17.5 Å². The lowest BCUT2D eigenvalue weighted by molar-refractivity contribution is 0.0332. The zero-order valence-electron chi connectivity index (χ0n) is 17.1. The Morgan fingerprint density at radius 1 is 1.19 bits per heavy atom. The first-order valence-electron chi connectivity index (χ1n) is 10.1. The van der Waals surface area contributed by atoms with E-state index in [1.54, 1.807) is 13.0 Å². The molecule has 162 valence electrons. The van der Waals surface area contributed by atoms with E-state index in [0.29, 0.717) is 25.5 Å². The monoisotopic (exact) mass is 443 g/mol. The number of aromatic nitrogens is 1. The first-order valence-corrected chi connectivity index (χ1v) is 10.5. The molecule has 1 aliphatic rings. The second-order valence-electron chi connectivity index (χ2n) is 7.41. The van der Waals surface area contributed by atoms with E-state index in [4.69, 9.17) is 20.9 Å². The van der Waals surface area contributed by atoms with Crippen molar-refractivity contribution in [3.8, 4) is 11.3 Å². The van der Waals surface area contributed by atoms with Crippen molar-refractivity contribution in [3.05, 3.63) is 76.3 Å². The van der Waals surface area contributed by atoms with Gasteiger partial charge in [-0.05, 0) is 24.6 Å². The van der Waals surface area contributed by atoms with Crippen LogP contribution in [0.1, 0.15) is 27.7 Å². The number of hydrogen-bond acceptors (Lipinski definition) is 5. The number of carbonyl (C=O) groups excluding carboxylic acids is 1. The highest BCUT2D eigenvalue weighted by Crippen LogP contribution is 2.33. The lowest BCUT2D eigenvalue weighted by atomic mass is 10.0. The average molecular weight is 444 g/mol. The van der Waals surface area contributed by atoms with Crippen molar-refractivity contribution in [3.63, 3.8) is 0 Å². The molecule has 1 saturated heterocycles. The molecule has 31 heavy (non-hydrogen) atoms. The maximum Gasteiger partial charge on any atom is 0.257 e. The molecule has 0 saturated carbocycles. The average Bonchev–Trinajstić information content (AvgIpc) is 3.15. The van der Waals surface area contributed by atoms with Gasteiger partial charge in [0, 0.05) is 19.6 Å². The molecule has 6 nitrogen and oxygen atoms in total. The van der Waals surface area contributed by atoms with Crippen molar-refractivity contribution in [1.82, 2.24) is 15.4 Å². The van der Waals surface area contributed by atoms with Gasteiger partial charge in [-0.1, -0.05) is 53.2 Å². The summed E-state index contributed by atoms with van der Waals surface area (Å²) in [5.74, 6) is -0.664. The molecule has 1 amide bonds. The molecule has 2 aromatic carbocycles. The summed E-state index contributed by atoms with van der Waals surface area (Å²) in [5, 5.41) is 7.19. The molecule has 0 bridgehead atoms.